The van der Waals surface area contributed by atoms with Crippen molar-refractivity contribution >= 4 is 50.7 Å². The molecule has 3 aromatic carbocycles. The first kappa shape index (κ1) is 32.2. The number of amides is 2. The van der Waals surface area contributed by atoms with Gasteiger partial charge in [-0.3, -0.25) is 13.9 Å². The van der Waals surface area contributed by atoms with Crippen LogP contribution in [-0.2, 0) is 26.2 Å². The number of nitrogens with one attached hydrogen (secondary N) is 1. The highest BCUT2D eigenvalue weighted by molar-refractivity contribution is 7.92. The summed E-state index contributed by atoms with van der Waals surface area (Å²) in [5, 5.41) is 3.80. The predicted octanol–water partition coefficient (Wildman–Crippen LogP) is 5.92. The molecule has 0 aliphatic carbocycles. The van der Waals surface area contributed by atoms with E-state index in [1.807, 2.05) is 13.8 Å². The molecule has 1 N–H and O–H groups in total. The summed E-state index contributed by atoms with van der Waals surface area (Å²) in [4.78, 5) is 28.8. The molecule has 8 nitrogen and oxygen atoms in total. The summed E-state index contributed by atoms with van der Waals surface area (Å²) in [7, 11) is -2.73. The van der Waals surface area contributed by atoms with Crippen molar-refractivity contribution in [2.24, 2.45) is 0 Å². The van der Waals surface area contributed by atoms with Crippen LogP contribution < -0.4 is 14.4 Å². The smallest absolute Gasteiger partial charge is 0.264 e. The number of halogens is 2. The molecular weight excluding hydrogens is 585 g/mol. The number of ether oxygens (including phenoxy) is 1. The molecule has 0 radical (unpaired) electrons. The van der Waals surface area contributed by atoms with Crippen LogP contribution in [0, 0.1) is 0 Å². The topological polar surface area (TPSA) is 96.0 Å². The van der Waals surface area contributed by atoms with Gasteiger partial charge in [-0.25, -0.2) is 8.42 Å². The second-order valence-corrected chi connectivity index (χ2v) is 12.2. The monoisotopic (exact) mass is 619 g/mol. The fourth-order valence-electron chi connectivity index (χ4n) is 4.18. The van der Waals surface area contributed by atoms with Gasteiger partial charge in [0.1, 0.15) is 18.3 Å². The van der Waals surface area contributed by atoms with Crippen molar-refractivity contribution in [3.8, 4) is 5.75 Å². The van der Waals surface area contributed by atoms with Gasteiger partial charge in [-0.1, -0.05) is 55.2 Å². The summed E-state index contributed by atoms with van der Waals surface area (Å²) >= 11 is 12.5. The largest absolute Gasteiger partial charge is 0.497 e. The van der Waals surface area contributed by atoms with E-state index < -0.39 is 28.5 Å². The fourth-order valence-corrected chi connectivity index (χ4v) is 5.92. The molecule has 0 saturated heterocycles. The van der Waals surface area contributed by atoms with Crippen LogP contribution in [0.2, 0.25) is 10.0 Å². The number of anilines is 1. The van der Waals surface area contributed by atoms with E-state index >= 15 is 0 Å². The van der Waals surface area contributed by atoms with E-state index in [0.717, 1.165) is 4.31 Å². The van der Waals surface area contributed by atoms with Gasteiger partial charge in [-0.05, 0) is 79.9 Å². The Kier molecular flexibility index (Phi) is 11.5. The molecule has 41 heavy (non-hydrogen) atoms. The number of rotatable bonds is 13. The lowest BCUT2D eigenvalue weighted by Gasteiger charge is -2.34. The first-order valence-electron chi connectivity index (χ1n) is 13.3. The van der Waals surface area contributed by atoms with Crippen molar-refractivity contribution in [2.75, 3.05) is 18.0 Å². The Bertz CT molecular complexity index is 1430. The molecule has 0 fully saturated rings. The van der Waals surface area contributed by atoms with Gasteiger partial charge in [0, 0.05) is 22.6 Å². The molecule has 0 heterocycles. The molecule has 2 atom stereocenters. The Hall–Kier alpha value is -3.27. The van der Waals surface area contributed by atoms with Crippen LogP contribution in [0.5, 0.6) is 5.75 Å². The number of carbonyl (C=O) groups excluding carboxylic acids is 2. The number of carbonyl (C=O) groups is 2. The average Bonchev–Trinajstić information content (AvgIpc) is 2.97. The molecule has 0 spiro atoms. The van der Waals surface area contributed by atoms with Crippen LogP contribution in [0.15, 0.2) is 77.7 Å². The Morgan fingerprint density at radius 3 is 2.12 bits per heavy atom. The van der Waals surface area contributed by atoms with E-state index in [1.54, 1.807) is 43.3 Å². The van der Waals surface area contributed by atoms with Gasteiger partial charge in [0.05, 0.1) is 17.7 Å². The van der Waals surface area contributed by atoms with E-state index in [1.165, 1.54) is 48.4 Å². The highest BCUT2D eigenvalue weighted by Crippen LogP contribution is 2.28. The average molecular weight is 621 g/mol. The second-order valence-electron chi connectivity index (χ2n) is 9.52. The summed E-state index contributed by atoms with van der Waals surface area (Å²) in [6, 6.07) is 18.1. The van der Waals surface area contributed by atoms with E-state index in [0.29, 0.717) is 34.2 Å². The summed E-state index contributed by atoms with van der Waals surface area (Å²) in [6.45, 7) is 5.09. The third kappa shape index (κ3) is 8.15. The number of methoxy groups -OCH3 is 1. The Balaban J connectivity index is 2.06. The highest BCUT2D eigenvalue weighted by Gasteiger charge is 2.34. The lowest BCUT2D eigenvalue weighted by Crippen LogP contribution is -2.53. The maximum Gasteiger partial charge on any atom is 0.264 e. The Morgan fingerprint density at radius 1 is 0.927 bits per heavy atom. The minimum atomic E-state index is -4.22. The number of hydrogen-bond acceptors (Lipinski definition) is 5. The summed E-state index contributed by atoms with van der Waals surface area (Å²) in [5.74, 6) is -0.400. The van der Waals surface area contributed by atoms with Crippen LogP contribution in [-0.4, -0.2) is 50.9 Å². The number of hydrogen-bond donors (Lipinski definition) is 1. The SMILES string of the molecule is CC[C@H](C(=O)N[C@@H](C)CC)N(Cc1ccccc1Cl)C(=O)CN(c1ccc(Cl)cc1)S(=O)(=O)c1ccc(OC)cc1. The summed E-state index contributed by atoms with van der Waals surface area (Å²) < 4.78 is 34.0. The van der Waals surface area contributed by atoms with Crippen LogP contribution in [0.4, 0.5) is 5.69 Å². The maximum absolute atomic E-state index is 14.1. The molecule has 3 aromatic rings. The zero-order valence-electron chi connectivity index (χ0n) is 23.5. The lowest BCUT2D eigenvalue weighted by atomic mass is 10.1. The number of sulfonamides is 1. The highest BCUT2D eigenvalue weighted by atomic mass is 35.5. The molecule has 2 amide bonds. The first-order valence-corrected chi connectivity index (χ1v) is 15.5. The van der Waals surface area contributed by atoms with Crippen LogP contribution in [0.25, 0.3) is 0 Å². The van der Waals surface area contributed by atoms with Crippen molar-refractivity contribution in [1.82, 2.24) is 10.2 Å². The maximum atomic E-state index is 14.1. The molecule has 0 aliphatic rings. The molecule has 11 heteroatoms. The van der Waals surface area contributed by atoms with E-state index in [4.69, 9.17) is 27.9 Å². The fraction of sp³-hybridized carbons (Fsp3) is 0.333. The third-order valence-electron chi connectivity index (χ3n) is 6.73. The number of nitrogens with zero attached hydrogens (tertiary/aromatic N) is 2. The van der Waals surface area contributed by atoms with Crippen molar-refractivity contribution in [3.63, 3.8) is 0 Å². The van der Waals surface area contributed by atoms with Crippen LogP contribution in [0.1, 0.15) is 39.2 Å². The van der Waals surface area contributed by atoms with Crippen molar-refractivity contribution < 1.29 is 22.7 Å². The molecule has 0 saturated carbocycles. The molecule has 0 bridgehead atoms. The van der Waals surface area contributed by atoms with Gasteiger partial charge in [0.15, 0.2) is 0 Å². The zero-order chi connectivity index (χ0) is 30.2. The quantitative estimate of drug-likeness (QED) is 0.256. The van der Waals surface area contributed by atoms with E-state index in [9.17, 15) is 18.0 Å². The van der Waals surface area contributed by atoms with Crippen molar-refractivity contribution in [1.29, 1.82) is 0 Å². The molecule has 0 unspecified atom stereocenters. The first-order chi connectivity index (χ1) is 19.5. The molecule has 3 rings (SSSR count). The molecule has 0 aromatic heterocycles. The molecule has 220 valence electrons. The standard InChI is InChI=1S/C30H35Cl2N3O5S/c1-5-21(3)33-30(37)28(6-2)34(19-22-9-7-8-10-27(22)32)29(36)20-35(24-13-11-23(31)12-14-24)41(38,39)26-17-15-25(40-4)16-18-26/h7-18,21,28H,5-6,19-20H2,1-4H3,(H,33,37)/t21-,28+/m0/s1. The van der Waals surface area contributed by atoms with E-state index in [2.05, 4.69) is 5.32 Å². The van der Waals surface area contributed by atoms with E-state index in [-0.39, 0.29) is 29.1 Å². The lowest BCUT2D eigenvalue weighted by molar-refractivity contribution is -0.140. The van der Waals surface area contributed by atoms with Gasteiger partial charge >= 0.3 is 0 Å². The van der Waals surface area contributed by atoms with Gasteiger partial charge in [0.25, 0.3) is 10.0 Å². The second kappa shape index (κ2) is 14.6. The predicted molar refractivity (Wildman–Crippen MR) is 163 cm³/mol. The van der Waals surface area contributed by atoms with Crippen LogP contribution >= 0.6 is 23.2 Å². The molecule has 0 aliphatic heterocycles. The van der Waals surface area contributed by atoms with Crippen molar-refractivity contribution in [3.05, 3.63) is 88.4 Å². The van der Waals surface area contributed by atoms with Crippen molar-refractivity contribution in [2.45, 2.75) is 57.1 Å². The van der Waals surface area contributed by atoms with Gasteiger partial charge < -0.3 is 15.0 Å². The summed E-state index contributed by atoms with van der Waals surface area (Å²) in [5.41, 5.74) is 0.877. The summed E-state index contributed by atoms with van der Waals surface area (Å²) in [6.07, 6.45) is 1.02. The minimum absolute atomic E-state index is 0.0159. The van der Waals surface area contributed by atoms with Gasteiger partial charge in [-0.15, -0.1) is 0 Å². The minimum Gasteiger partial charge on any atom is -0.497 e. The van der Waals surface area contributed by atoms with Gasteiger partial charge in [0.2, 0.25) is 11.8 Å². The third-order valence-corrected chi connectivity index (χ3v) is 9.14. The van der Waals surface area contributed by atoms with Gasteiger partial charge in [-0.2, -0.15) is 0 Å². The van der Waals surface area contributed by atoms with Crippen LogP contribution in [0.3, 0.4) is 0 Å². The Labute approximate surface area is 252 Å². The Morgan fingerprint density at radius 2 is 1.56 bits per heavy atom. The normalized spacial score (nSPS) is 12.7. The zero-order valence-corrected chi connectivity index (χ0v) is 25.8. The molecular formula is C30H35Cl2N3O5S. The number of benzene rings is 3.